The number of carbonyl (C=O) groups is 2. The van der Waals surface area contributed by atoms with E-state index < -0.39 is 24.8 Å². The number of halogens is 2. The molecule has 0 aliphatic rings. The van der Waals surface area contributed by atoms with E-state index in [1.165, 1.54) is 0 Å². The van der Waals surface area contributed by atoms with Gasteiger partial charge in [-0.15, -0.1) is 0 Å². The molecule has 0 saturated heterocycles. The second-order valence-corrected chi connectivity index (χ2v) is 5.25. The molecule has 0 aliphatic carbocycles. The molecular weight excluding hydrogens is 310 g/mol. The molecule has 0 fully saturated rings. The van der Waals surface area contributed by atoms with Gasteiger partial charge in [-0.25, -0.2) is 8.78 Å². The van der Waals surface area contributed by atoms with Crippen LogP contribution in [0.4, 0.5) is 8.78 Å². The van der Waals surface area contributed by atoms with Crippen molar-refractivity contribution in [2.75, 3.05) is 13.1 Å². The quantitative estimate of drug-likeness (QED) is 0.858. The Labute approximate surface area is 130 Å². The second kappa shape index (κ2) is 7.65. The standard InChI is InChI=1S/C15H14F2N2O2S/c16-13(17)7-18-14(20)8-19-15(21)11-3-1-2-10(6-11)12-4-5-22-9-12/h1-6,9,13H,7-8H2,(H,18,20)(H,19,21). The van der Waals surface area contributed by atoms with Crippen molar-refractivity contribution in [1.82, 2.24) is 10.6 Å². The highest BCUT2D eigenvalue weighted by atomic mass is 32.1. The highest BCUT2D eigenvalue weighted by Crippen LogP contribution is 2.22. The molecule has 2 N–H and O–H groups in total. The van der Waals surface area contributed by atoms with Gasteiger partial charge in [-0.05, 0) is 40.1 Å². The normalized spacial score (nSPS) is 10.5. The number of carbonyl (C=O) groups excluding carboxylic acids is 2. The number of rotatable bonds is 6. The Morgan fingerprint density at radius 1 is 1.14 bits per heavy atom. The van der Waals surface area contributed by atoms with Crippen LogP contribution in [0.2, 0.25) is 0 Å². The summed E-state index contributed by atoms with van der Waals surface area (Å²) in [5.74, 6) is -1.08. The first-order valence-corrected chi connectivity index (χ1v) is 7.46. The molecule has 0 aliphatic heterocycles. The van der Waals surface area contributed by atoms with E-state index in [0.717, 1.165) is 11.1 Å². The Hall–Kier alpha value is -2.28. The van der Waals surface area contributed by atoms with Crippen LogP contribution in [0.25, 0.3) is 11.1 Å². The number of hydrogen-bond donors (Lipinski definition) is 2. The SMILES string of the molecule is O=C(CNC(=O)c1cccc(-c2ccsc2)c1)NCC(F)F. The molecule has 4 nitrogen and oxygen atoms in total. The summed E-state index contributed by atoms with van der Waals surface area (Å²) in [4.78, 5) is 23.3. The summed E-state index contributed by atoms with van der Waals surface area (Å²) in [7, 11) is 0. The zero-order chi connectivity index (χ0) is 15.9. The van der Waals surface area contributed by atoms with Crippen molar-refractivity contribution in [3.8, 4) is 11.1 Å². The predicted octanol–water partition coefficient (Wildman–Crippen LogP) is 2.53. The zero-order valence-corrected chi connectivity index (χ0v) is 12.3. The van der Waals surface area contributed by atoms with Gasteiger partial charge in [-0.3, -0.25) is 9.59 Å². The smallest absolute Gasteiger partial charge is 0.255 e. The fraction of sp³-hybridized carbons (Fsp3) is 0.200. The Kier molecular flexibility index (Phi) is 5.60. The molecule has 0 saturated carbocycles. The van der Waals surface area contributed by atoms with Crippen LogP contribution in [0.15, 0.2) is 41.1 Å². The molecule has 1 heterocycles. The van der Waals surface area contributed by atoms with E-state index in [2.05, 4.69) is 5.32 Å². The van der Waals surface area contributed by atoms with E-state index in [4.69, 9.17) is 0 Å². The summed E-state index contributed by atoms with van der Waals surface area (Å²) in [5.41, 5.74) is 2.32. The minimum absolute atomic E-state index is 0.339. The van der Waals surface area contributed by atoms with Gasteiger partial charge >= 0.3 is 0 Å². The molecule has 0 atom stereocenters. The van der Waals surface area contributed by atoms with Crippen molar-refractivity contribution < 1.29 is 18.4 Å². The van der Waals surface area contributed by atoms with Crippen LogP contribution < -0.4 is 10.6 Å². The van der Waals surface area contributed by atoms with Crippen molar-refractivity contribution in [2.24, 2.45) is 0 Å². The lowest BCUT2D eigenvalue weighted by molar-refractivity contribution is -0.120. The molecule has 22 heavy (non-hydrogen) atoms. The summed E-state index contributed by atoms with van der Waals surface area (Å²) in [5, 5.41) is 8.33. The summed E-state index contributed by atoms with van der Waals surface area (Å²) in [6.45, 7) is -1.06. The molecule has 1 aromatic carbocycles. The molecule has 2 aromatic rings. The van der Waals surface area contributed by atoms with Crippen LogP contribution in [-0.2, 0) is 4.79 Å². The molecule has 116 valence electrons. The lowest BCUT2D eigenvalue weighted by Crippen LogP contribution is -2.38. The third kappa shape index (κ3) is 4.63. The second-order valence-electron chi connectivity index (χ2n) is 4.47. The summed E-state index contributed by atoms with van der Waals surface area (Å²) >= 11 is 1.56. The van der Waals surface area contributed by atoms with Gasteiger partial charge < -0.3 is 10.6 Å². The molecule has 2 amide bonds. The highest BCUT2D eigenvalue weighted by molar-refractivity contribution is 7.08. The van der Waals surface area contributed by atoms with Gasteiger partial charge in [-0.1, -0.05) is 12.1 Å². The number of benzene rings is 1. The van der Waals surface area contributed by atoms with E-state index in [1.807, 2.05) is 28.2 Å². The van der Waals surface area contributed by atoms with Gasteiger partial charge in [0.05, 0.1) is 13.1 Å². The molecule has 0 unspecified atom stereocenters. The molecular formula is C15H14F2N2O2S. The Morgan fingerprint density at radius 3 is 2.64 bits per heavy atom. The zero-order valence-electron chi connectivity index (χ0n) is 11.5. The van der Waals surface area contributed by atoms with E-state index in [1.54, 1.807) is 29.5 Å². The lowest BCUT2D eigenvalue weighted by atomic mass is 10.1. The fourth-order valence-corrected chi connectivity index (χ4v) is 2.45. The number of alkyl halides is 2. The van der Waals surface area contributed by atoms with Crippen molar-refractivity contribution >= 4 is 23.2 Å². The Bertz CT molecular complexity index is 645. The highest BCUT2D eigenvalue weighted by Gasteiger charge is 2.10. The minimum atomic E-state index is -2.61. The minimum Gasteiger partial charge on any atom is -0.349 e. The van der Waals surface area contributed by atoms with Crippen molar-refractivity contribution in [3.05, 3.63) is 46.7 Å². The number of nitrogens with one attached hydrogen (secondary N) is 2. The first-order valence-electron chi connectivity index (χ1n) is 6.52. The van der Waals surface area contributed by atoms with E-state index in [0.29, 0.717) is 5.56 Å². The van der Waals surface area contributed by atoms with Gasteiger partial charge in [0, 0.05) is 5.56 Å². The number of amides is 2. The van der Waals surface area contributed by atoms with E-state index >= 15 is 0 Å². The predicted molar refractivity (Wildman–Crippen MR) is 81.1 cm³/mol. The largest absolute Gasteiger partial charge is 0.349 e. The number of thiophene rings is 1. The van der Waals surface area contributed by atoms with E-state index in [-0.39, 0.29) is 6.54 Å². The molecule has 0 spiro atoms. The number of hydrogen-bond acceptors (Lipinski definition) is 3. The topological polar surface area (TPSA) is 58.2 Å². The maximum absolute atomic E-state index is 12.0. The van der Waals surface area contributed by atoms with Crippen LogP contribution in [-0.4, -0.2) is 31.3 Å². The summed E-state index contributed by atoms with van der Waals surface area (Å²) < 4.78 is 23.9. The van der Waals surface area contributed by atoms with Crippen LogP contribution in [0.1, 0.15) is 10.4 Å². The van der Waals surface area contributed by atoms with Crippen LogP contribution in [0, 0.1) is 0 Å². The fourth-order valence-electron chi connectivity index (χ4n) is 1.78. The average Bonchev–Trinajstić information content (AvgIpc) is 3.05. The third-order valence-electron chi connectivity index (χ3n) is 2.84. The molecule has 2 rings (SSSR count). The first kappa shape index (κ1) is 16.1. The summed E-state index contributed by atoms with van der Waals surface area (Å²) in [6.07, 6.45) is -2.61. The Balaban J connectivity index is 1.93. The van der Waals surface area contributed by atoms with E-state index in [9.17, 15) is 18.4 Å². The van der Waals surface area contributed by atoms with Crippen LogP contribution >= 0.6 is 11.3 Å². The molecule has 1 aromatic heterocycles. The molecule has 0 radical (unpaired) electrons. The summed E-state index contributed by atoms with van der Waals surface area (Å²) in [6, 6.07) is 8.92. The van der Waals surface area contributed by atoms with Crippen molar-refractivity contribution in [3.63, 3.8) is 0 Å². The third-order valence-corrected chi connectivity index (χ3v) is 3.53. The molecule has 0 bridgehead atoms. The van der Waals surface area contributed by atoms with Gasteiger partial charge in [0.2, 0.25) is 5.91 Å². The average molecular weight is 324 g/mol. The van der Waals surface area contributed by atoms with Crippen molar-refractivity contribution in [1.29, 1.82) is 0 Å². The van der Waals surface area contributed by atoms with Crippen LogP contribution in [0.5, 0.6) is 0 Å². The maximum atomic E-state index is 12.0. The van der Waals surface area contributed by atoms with Crippen LogP contribution in [0.3, 0.4) is 0 Å². The monoisotopic (exact) mass is 324 g/mol. The first-order chi connectivity index (χ1) is 10.6. The van der Waals surface area contributed by atoms with Gasteiger partial charge in [-0.2, -0.15) is 11.3 Å². The van der Waals surface area contributed by atoms with Crippen molar-refractivity contribution in [2.45, 2.75) is 6.43 Å². The van der Waals surface area contributed by atoms with Gasteiger partial charge in [0.25, 0.3) is 12.3 Å². The lowest BCUT2D eigenvalue weighted by Gasteiger charge is -2.07. The molecule has 7 heteroatoms. The Morgan fingerprint density at radius 2 is 1.95 bits per heavy atom. The maximum Gasteiger partial charge on any atom is 0.255 e. The van der Waals surface area contributed by atoms with Gasteiger partial charge in [0.15, 0.2) is 0 Å². The van der Waals surface area contributed by atoms with Gasteiger partial charge in [0.1, 0.15) is 0 Å².